The van der Waals surface area contributed by atoms with Gasteiger partial charge >= 0.3 is 12.3 Å². The molecule has 1 saturated heterocycles. The average molecular weight is 421 g/mol. The first kappa shape index (κ1) is 20.5. The van der Waals surface area contributed by atoms with Crippen LogP contribution in [0.15, 0.2) is 42.6 Å². The summed E-state index contributed by atoms with van der Waals surface area (Å²) >= 11 is 0. The minimum Gasteiger partial charge on any atom is -0.439 e. The predicted octanol–water partition coefficient (Wildman–Crippen LogP) is 4.42. The first-order valence-corrected chi connectivity index (χ1v) is 9.87. The zero-order valence-electron chi connectivity index (χ0n) is 16.3. The number of ether oxygens (including phenoxy) is 2. The van der Waals surface area contributed by atoms with E-state index in [1.807, 2.05) is 0 Å². The summed E-state index contributed by atoms with van der Waals surface area (Å²) in [7, 11) is 0. The molecule has 1 aliphatic carbocycles. The third kappa shape index (κ3) is 5.41. The SMILES string of the molecule is O=C(Oc1ccc(Oc2ccc(C(F)(F)F)cn2)cc1)N1CCN(CC2CC2)CC1. The highest BCUT2D eigenvalue weighted by Gasteiger charge is 2.31. The second-order valence-corrected chi connectivity index (χ2v) is 7.56. The van der Waals surface area contributed by atoms with E-state index in [4.69, 9.17) is 9.47 Å². The number of carbonyl (C=O) groups is 1. The third-order valence-electron chi connectivity index (χ3n) is 5.16. The molecule has 9 heteroatoms. The van der Waals surface area contributed by atoms with Gasteiger partial charge in [0.2, 0.25) is 5.88 Å². The topological polar surface area (TPSA) is 54.9 Å². The second-order valence-electron chi connectivity index (χ2n) is 7.56. The van der Waals surface area contributed by atoms with Crippen LogP contribution in [-0.4, -0.2) is 53.6 Å². The van der Waals surface area contributed by atoms with E-state index >= 15 is 0 Å². The fourth-order valence-electron chi connectivity index (χ4n) is 3.25. The lowest BCUT2D eigenvalue weighted by Gasteiger charge is -2.34. The largest absolute Gasteiger partial charge is 0.439 e. The van der Waals surface area contributed by atoms with Crippen LogP contribution in [0.25, 0.3) is 0 Å². The van der Waals surface area contributed by atoms with Gasteiger partial charge in [0.05, 0.1) is 5.56 Å². The first-order valence-electron chi connectivity index (χ1n) is 9.87. The molecule has 1 aliphatic heterocycles. The number of rotatable bonds is 5. The molecule has 4 rings (SSSR count). The molecular formula is C21H22F3N3O3. The van der Waals surface area contributed by atoms with Crippen molar-refractivity contribution in [3.8, 4) is 17.4 Å². The highest BCUT2D eigenvalue weighted by Crippen LogP contribution is 2.31. The van der Waals surface area contributed by atoms with Gasteiger partial charge in [-0.2, -0.15) is 13.2 Å². The zero-order chi connectivity index (χ0) is 21.1. The predicted molar refractivity (Wildman–Crippen MR) is 103 cm³/mol. The summed E-state index contributed by atoms with van der Waals surface area (Å²) in [6, 6.07) is 8.33. The molecule has 1 saturated carbocycles. The molecule has 2 fully saturated rings. The van der Waals surface area contributed by atoms with Gasteiger partial charge in [-0.1, -0.05) is 0 Å². The molecule has 0 atom stereocenters. The molecular weight excluding hydrogens is 399 g/mol. The Balaban J connectivity index is 1.26. The number of pyridine rings is 1. The van der Waals surface area contributed by atoms with E-state index in [1.165, 1.54) is 12.8 Å². The Morgan fingerprint density at radius 2 is 1.67 bits per heavy atom. The van der Waals surface area contributed by atoms with Gasteiger partial charge in [-0.15, -0.1) is 0 Å². The first-order chi connectivity index (χ1) is 14.4. The van der Waals surface area contributed by atoms with Crippen molar-refractivity contribution in [3.63, 3.8) is 0 Å². The molecule has 0 bridgehead atoms. The molecule has 1 aromatic carbocycles. The lowest BCUT2D eigenvalue weighted by atomic mass is 10.3. The number of piperazine rings is 1. The monoisotopic (exact) mass is 421 g/mol. The van der Waals surface area contributed by atoms with Crippen molar-refractivity contribution in [2.75, 3.05) is 32.7 Å². The van der Waals surface area contributed by atoms with Gasteiger partial charge in [0.15, 0.2) is 0 Å². The molecule has 0 N–H and O–H groups in total. The number of aromatic nitrogens is 1. The van der Waals surface area contributed by atoms with E-state index in [-0.39, 0.29) is 12.0 Å². The van der Waals surface area contributed by atoms with Gasteiger partial charge < -0.3 is 14.4 Å². The minimum atomic E-state index is -4.44. The standard InChI is InChI=1S/C21H22F3N3O3/c22-21(23,24)16-3-8-19(25-13-16)29-17-4-6-18(7-5-17)30-20(28)27-11-9-26(10-12-27)14-15-1-2-15/h3-8,13,15H,1-2,9-12,14H2. The van der Waals surface area contributed by atoms with Gasteiger partial charge in [-0.05, 0) is 49.1 Å². The Hall–Kier alpha value is -2.81. The van der Waals surface area contributed by atoms with Crippen LogP contribution in [0.5, 0.6) is 17.4 Å². The van der Waals surface area contributed by atoms with Crippen molar-refractivity contribution in [1.82, 2.24) is 14.8 Å². The Morgan fingerprint density at radius 3 is 2.23 bits per heavy atom. The molecule has 0 radical (unpaired) electrons. The highest BCUT2D eigenvalue weighted by atomic mass is 19.4. The van der Waals surface area contributed by atoms with E-state index in [2.05, 4.69) is 9.88 Å². The summed E-state index contributed by atoms with van der Waals surface area (Å²) in [6.07, 6.45) is -1.48. The number of halogens is 3. The summed E-state index contributed by atoms with van der Waals surface area (Å²) in [5.41, 5.74) is -0.842. The molecule has 160 valence electrons. The van der Waals surface area contributed by atoms with Gasteiger partial charge in [-0.3, -0.25) is 4.90 Å². The minimum absolute atomic E-state index is 0.0387. The van der Waals surface area contributed by atoms with Gasteiger partial charge in [0.25, 0.3) is 0 Å². The summed E-state index contributed by atoms with van der Waals surface area (Å²) in [6.45, 7) is 4.13. The molecule has 2 heterocycles. The number of hydrogen-bond acceptors (Lipinski definition) is 5. The van der Waals surface area contributed by atoms with E-state index in [9.17, 15) is 18.0 Å². The summed E-state index contributed by atoms with van der Waals surface area (Å²) < 4.78 is 48.6. The Bertz CT molecular complexity index is 860. The normalized spacial score (nSPS) is 17.6. The van der Waals surface area contributed by atoms with Gasteiger partial charge in [0, 0.05) is 45.0 Å². The Labute approximate surface area is 172 Å². The van der Waals surface area contributed by atoms with Crippen LogP contribution in [0.4, 0.5) is 18.0 Å². The number of carbonyl (C=O) groups excluding carboxylic acids is 1. The number of benzene rings is 1. The lowest BCUT2D eigenvalue weighted by Crippen LogP contribution is -2.49. The molecule has 2 aromatic rings. The van der Waals surface area contributed by atoms with Crippen LogP contribution in [0, 0.1) is 5.92 Å². The zero-order valence-corrected chi connectivity index (χ0v) is 16.3. The summed E-state index contributed by atoms with van der Waals surface area (Å²) in [5, 5.41) is 0. The van der Waals surface area contributed by atoms with Crippen LogP contribution in [-0.2, 0) is 6.18 Å². The van der Waals surface area contributed by atoms with E-state index < -0.39 is 11.7 Å². The van der Waals surface area contributed by atoms with Crippen molar-refractivity contribution in [3.05, 3.63) is 48.2 Å². The van der Waals surface area contributed by atoms with Crippen LogP contribution in [0.3, 0.4) is 0 Å². The van der Waals surface area contributed by atoms with Crippen LogP contribution < -0.4 is 9.47 Å². The summed E-state index contributed by atoms with van der Waals surface area (Å²) in [4.78, 5) is 20.1. The molecule has 1 aromatic heterocycles. The molecule has 0 spiro atoms. The fraction of sp³-hybridized carbons (Fsp3) is 0.429. The number of amides is 1. The highest BCUT2D eigenvalue weighted by molar-refractivity contribution is 5.70. The van der Waals surface area contributed by atoms with E-state index in [1.54, 1.807) is 29.2 Å². The van der Waals surface area contributed by atoms with E-state index in [0.29, 0.717) is 24.6 Å². The molecule has 2 aliphatic rings. The van der Waals surface area contributed by atoms with Crippen molar-refractivity contribution >= 4 is 6.09 Å². The Kier molecular flexibility index (Phi) is 5.80. The van der Waals surface area contributed by atoms with Gasteiger partial charge in [0.1, 0.15) is 11.5 Å². The summed E-state index contributed by atoms with van der Waals surface area (Å²) in [5.74, 6) is 1.61. The maximum absolute atomic E-state index is 12.6. The van der Waals surface area contributed by atoms with Crippen LogP contribution >= 0.6 is 0 Å². The maximum atomic E-state index is 12.6. The fourth-order valence-corrected chi connectivity index (χ4v) is 3.25. The Morgan fingerprint density at radius 1 is 1.00 bits per heavy atom. The lowest BCUT2D eigenvalue weighted by molar-refractivity contribution is -0.137. The second kappa shape index (κ2) is 8.51. The van der Waals surface area contributed by atoms with Gasteiger partial charge in [-0.25, -0.2) is 9.78 Å². The molecule has 0 unspecified atom stereocenters. The van der Waals surface area contributed by atoms with Crippen molar-refractivity contribution in [2.45, 2.75) is 19.0 Å². The molecule has 6 nitrogen and oxygen atoms in total. The maximum Gasteiger partial charge on any atom is 0.417 e. The molecule has 1 amide bonds. The van der Waals surface area contributed by atoms with Crippen LogP contribution in [0.2, 0.25) is 0 Å². The smallest absolute Gasteiger partial charge is 0.417 e. The van der Waals surface area contributed by atoms with Crippen molar-refractivity contribution < 1.29 is 27.4 Å². The third-order valence-corrected chi connectivity index (χ3v) is 5.16. The average Bonchev–Trinajstić information content (AvgIpc) is 3.54. The number of hydrogen-bond donors (Lipinski definition) is 0. The van der Waals surface area contributed by atoms with Crippen molar-refractivity contribution in [2.24, 2.45) is 5.92 Å². The van der Waals surface area contributed by atoms with E-state index in [0.717, 1.165) is 43.9 Å². The number of alkyl halides is 3. The van der Waals surface area contributed by atoms with Crippen LogP contribution in [0.1, 0.15) is 18.4 Å². The quantitative estimate of drug-likeness (QED) is 0.716. The van der Waals surface area contributed by atoms with Crippen molar-refractivity contribution in [1.29, 1.82) is 0 Å². The number of nitrogens with zero attached hydrogens (tertiary/aromatic N) is 3. The molecule has 30 heavy (non-hydrogen) atoms.